The second-order valence-electron chi connectivity index (χ2n) is 7.23. The number of ether oxygens (including phenoxy) is 2. The topological polar surface area (TPSA) is 132 Å². The van der Waals surface area contributed by atoms with Crippen molar-refractivity contribution in [1.82, 2.24) is 15.6 Å². The predicted octanol–water partition coefficient (Wildman–Crippen LogP) is 4.28. The minimum absolute atomic E-state index is 0.169. The number of hydrazone groups is 1. The molecule has 0 spiro atoms. The first-order valence-corrected chi connectivity index (χ1v) is 12.2. The number of carbonyl (C=O) groups excluding carboxylic acids is 3. The molecule has 0 saturated heterocycles. The molecule has 0 aliphatic heterocycles. The number of amides is 2. The van der Waals surface area contributed by atoms with E-state index in [0.29, 0.717) is 26.4 Å². The Morgan fingerprint density at radius 3 is 2.46 bits per heavy atom. The fourth-order valence-electron chi connectivity index (χ4n) is 2.94. The molecule has 10 nitrogen and oxygen atoms in total. The van der Waals surface area contributed by atoms with E-state index in [1.165, 1.54) is 13.3 Å². The lowest BCUT2D eigenvalue weighted by Crippen LogP contribution is -2.32. The summed E-state index contributed by atoms with van der Waals surface area (Å²) in [6, 6.07) is 20.6. The smallest absolute Gasteiger partial charge is 0.343 e. The normalized spacial score (nSPS) is 10.6. The van der Waals surface area contributed by atoms with Crippen molar-refractivity contribution < 1.29 is 23.9 Å². The van der Waals surface area contributed by atoms with Crippen molar-refractivity contribution in [3.05, 3.63) is 88.4 Å². The van der Waals surface area contributed by atoms with Crippen LogP contribution in [0.1, 0.15) is 15.9 Å². The standard InChI is InChI=1S/C25H18BrN5O5S/c1-35-19-10-7-16(8-11-19)24(34)36-20-12-9-18(26)13-17(20)14-27-29-22(33)21(32)28-25-31-30-23(37-25)15-5-3-2-4-6-15/h2-14H,1H3,(H,29,33)(H,28,31,32). The van der Waals surface area contributed by atoms with E-state index < -0.39 is 17.8 Å². The lowest BCUT2D eigenvalue weighted by atomic mass is 10.2. The highest BCUT2D eigenvalue weighted by atomic mass is 79.9. The third-order valence-corrected chi connectivity index (χ3v) is 6.12. The van der Waals surface area contributed by atoms with Gasteiger partial charge >= 0.3 is 17.8 Å². The van der Waals surface area contributed by atoms with Gasteiger partial charge in [0.2, 0.25) is 5.13 Å². The molecular formula is C25H18BrN5O5S. The van der Waals surface area contributed by atoms with Crippen molar-refractivity contribution in [2.24, 2.45) is 5.10 Å². The number of halogens is 1. The van der Waals surface area contributed by atoms with Crippen molar-refractivity contribution in [1.29, 1.82) is 0 Å². The molecule has 0 aliphatic rings. The van der Waals surface area contributed by atoms with Crippen molar-refractivity contribution in [2.45, 2.75) is 0 Å². The Bertz CT molecular complexity index is 1460. The number of benzene rings is 3. The molecule has 1 aromatic heterocycles. The number of hydrogen-bond donors (Lipinski definition) is 2. The second-order valence-corrected chi connectivity index (χ2v) is 9.13. The lowest BCUT2D eigenvalue weighted by molar-refractivity contribution is -0.136. The minimum Gasteiger partial charge on any atom is -0.497 e. The number of rotatable bonds is 7. The molecule has 37 heavy (non-hydrogen) atoms. The molecule has 3 aromatic carbocycles. The van der Waals surface area contributed by atoms with E-state index in [2.05, 4.69) is 42.0 Å². The highest BCUT2D eigenvalue weighted by molar-refractivity contribution is 9.10. The van der Waals surface area contributed by atoms with Gasteiger partial charge in [-0.2, -0.15) is 5.10 Å². The second kappa shape index (κ2) is 12.0. The van der Waals surface area contributed by atoms with Gasteiger partial charge in [0.15, 0.2) is 0 Å². The van der Waals surface area contributed by atoms with Crippen LogP contribution in [-0.2, 0) is 9.59 Å². The van der Waals surface area contributed by atoms with Crippen molar-refractivity contribution in [3.8, 4) is 22.1 Å². The molecule has 186 valence electrons. The van der Waals surface area contributed by atoms with Gasteiger partial charge in [-0.25, -0.2) is 10.2 Å². The summed E-state index contributed by atoms with van der Waals surface area (Å²) in [4.78, 5) is 37.0. The molecule has 0 atom stereocenters. The van der Waals surface area contributed by atoms with Gasteiger partial charge in [0.25, 0.3) is 0 Å². The lowest BCUT2D eigenvalue weighted by Gasteiger charge is -2.08. The zero-order valence-electron chi connectivity index (χ0n) is 19.2. The fourth-order valence-corrected chi connectivity index (χ4v) is 4.06. The largest absolute Gasteiger partial charge is 0.497 e. The number of methoxy groups -OCH3 is 1. The van der Waals surface area contributed by atoms with E-state index in [1.54, 1.807) is 42.5 Å². The average Bonchev–Trinajstić information content (AvgIpc) is 3.39. The highest BCUT2D eigenvalue weighted by Crippen LogP contribution is 2.26. The zero-order chi connectivity index (χ0) is 26.2. The van der Waals surface area contributed by atoms with Crippen LogP contribution in [-0.4, -0.2) is 41.3 Å². The molecular weight excluding hydrogens is 562 g/mol. The van der Waals surface area contributed by atoms with E-state index in [1.807, 2.05) is 30.3 Å². The van der Waals surface area contributed by atoms with Gasteiger partial charge in [-0.1, -0.05) is 57.6 Å². The van der Waals surface area contributed by atoms with Crippen LogP contribution >= 0.6 is 27.3 Å². The summed E-state index contributed by atoms with van der Waals surface area (Å²) < 4.78 is 11.3. The number of carbonyl (C=O) groups is 3. The Morgan fingerprint density at radius 1 is 0.973 bits per heavy atom. The summed E-state index contributed by atoms with van der Waals surface area (Å²) in [5, 5.41) is 14.9. The molecule has 4 rings (SSSR count). The maximum atomic E-state index is 12.5. The highest BCUT2D eigenvalue weighted by Gasteiger charge is 2.17. The van der Waals surface area contributed by atoms with Crippen LogP contribution in [0.3, 0.4) is 0 Å². The SMILES string of the molecule is COc1ccc(C(=O)Oc2ccc(Br)cc2C=NNC(=O)C(=O)Nc2nnc(-c3ccccc3)s2)cc1. The molecule has 0 fully saturated rings. The Morgan fingerprint density at radius 2 is 1.73 bits per heavy atom. The maximum absolute atomic E-state index is 12.5. The minimum atomic E-state index is -1.01. The van der Waals surface area contributed by atoms with Crippen LogP contribution in [0.4, 0.5) is 5.13 Å². The number of nitrogens with one attached hydrogen (secondary N) is 2. The summed E-state index contributed by atoms with van der Waals surface area (Å²) in [6.07, 6.45) is 1.25. The van der Waals surface area contributed by atoms with Gasteiger partial charge in [0.1, 0.15) is 16.5 Å². The van der Waals surface area contributed by atoms with Gasteiger partial charge in [-0.15, -0.1) is 10.2 Å². The molecule has 12 heteroatoms. The van der Waals surface area contributed by atoms with Crippen LogP contribution in [0.25, 0.3) is 10.6 Å². The number of esters is 1. The van der Waals surface area contributed by atoms with Gasteiger partial charge in [0, 0.05) is 15.6 Å². The van der Waals surface area contributed by atoms with E-state index >= 15 is 0 Å². The molecule has 2 N–H and O–H groups in total. The van der Waals surface area contributed by atoms with Gasteiger partial charge in [-0.05, 0) is 42.5 Å². The Hall–Kier alpha value is -4.42. The third kappa shape index (κ3) is 6.84. The van der Waals surface area contributed by atoms with Crippen LogP contribution in [0.2, 0.25) is 0 Å². The molecule has 1 heterocycles. The van der Waals surface area contributed by atoms with E-state index in [-0.39, 0.29) is 10.9 Å². The Balaban J connectivity index is 1.37. The molecule has 0 radical (unpaired) electrons. The van der Waals surface area contributed by atoms with E-state index in [0.717, 1.165) is 16.9 Å². The molecule has 0 saturated carbocycles. The summed E-state index contributed by atoms with van der Waals surface area (Å²) in [5.41, 5.74) is 3.68. The summed E-state index contributed by atoms with van der Waals surface area (Å²) in [5.74, 6) is -1.76. The van der Waals surface area contributed by atoms with E-state index in [4.69, 9.17) is 9.47 Å². The van der Waals surface area contributed by atoms with Crippen LogP contribution in [0.5, 0.6) is 11.5 Å². The van der Waals surface area contributed by atoms with Crippen molar-refractivity contribution in [3.63, 3.8) is 0 Å². The summed E-state index contributed by atoms with van der Waals surface area (Å²) in [6.45, 7) is 0. The first-order chi connectivity index (χ1) is 17.9. The van der Waals surface area contributed by atoms with Crippen LogP contribution in [0, 0.1) is 0 Å². The van der Waals surface area contributed by atoms with E-state index in [9.17, 15) is 14.4 Å². The van der Waals surface area contributed by atoms with Gasteiger partial charge in [-0.3, -0.25) is 14.9 Å². The maximum Gasteiger partial charge on any atom is 0.343 e. The molecule has 4 aromatic rings. The Kier molecular flexibility index (Phi) is 8.33. The average molecular weight is 580 g/mol. The predicted molar refractivity (Wildman–Crippen MR) is 142 cm³/mol. The molecule has 0 bridgehead atoms. The molecule has 0 unspecified atom stereocenters. The third-order valence-electron chi connectivity index (χ3n) is 4.74. The number of anilines is 1. The zero-order valence-corrected chi connectivity index (χ0v) is 21.6. The Labute approximate surface area is 223 Å². The number of hydrogen-bond acceptors (Lipinski definition) is 9. The van der Waals surface area contributed by atoms with Crippen LogP contribution < -0.4 is 20.2 Å². The number of nitrogens with zero attached hydrogens (tertiary/aromatic N) is 3. The van der Waals surface area contributed by atoms with Gasteiger partial charge in [0.05, 0.1) is 18.9 Å². The van der Waals surface area contributed by atoms with Crippen LogP contribution in [0.15, 0.2) is 82.4 Å². The summed E-state index contributed by atoms with van der Waals surface area (Å²) in [7, 11) is 1.53. The molecule has 0 aliphatic carbocycles. The van der Waals surface area contributed by atoms with Crippen molar-refractivity contribution >= 4 is 56.4 Å². The van der Waals surface area contributed by atoms with Crippen molar-refractivity contribution in [2.75, 3.05) is 12.4 Å². The first-order valence-electron chi connectivity index (χ1n) is 10.6. The first kappa shape index (κ1) is 25.7. The summed E-state index contributed by atoms with van der Waals surface area (Å²) >= 11 is 4.47. The van der Waals surface area contributed by atoms with Gasteiger partial charge < -0.3 is 9.47 Å². The fraction of sp³-hybridized carbons (Fsp3) is 0.0400. The number of aromatic nitrogens is 2. The monoisotopic (exact) mass is 579 g/mol. The quantitative estimate of drug-likeness (QED) is 0.110. The molecule has 2 amide bonds.